The van der Waals surface area contributed by atoms with Crippen molar-refractivity contribution in [2.45, 2.75) is 12.5 Å². The van der Waals surface area contributed by atoms with Crippen LogP contribution in [0.15, 0.2) is 78.9 Å². The molecule has 0 unspecified atom stereocenters. The second-order valence-electron chi connectivity index (χ2n) is 6.74. The van der Waals surface area contributed by atoms with Crippen molar-refractivity contribution in [3.05, 3.63) is 106 Å². The lowest BCUT2D eigenvalue weighted by Crippen LogP contribution is -2.05. The number of benzene rings is 4. The first-order valence-corrected chi connectivity index (χ1v) is 9.16. The molecular weight excluding hydrogens is 340 g/mol. The van der Waals surface area contributed by atoms with Crippen molar-refractivity contribution in [1.29, 1.82) is 0 Å². The van der Waals surface area contributed by atoms with Crippen LogP contribution in [0.2, 0.25) is 5.02 Å². The number of rotatable bonds is 2. The monoisotopic (exact) mass is 356 g/mol. The first kappa shape index (κ1) is 15.6. The van der Waals surface area contributed by atoms with Gasteiger partial charge >= 0.3 is 0 Å². The SMILES string of the molecule is OCc1ccc2ccccc2c1[C@@H]1c2ccccc2-c2cccc(Cl)c21. The van der Waals surface area contributed by atoms with E-state index in [1.807, 2.05) is 24.3 Å². The van der Waals surface area contributed by atoms with E-state index in [2.05, 4.69) is 54.6 Å². The van der Waals surface area contributed by atoms with Gasteiger partial charge in [0.25, 0.3) is 0 Å². The van der Waals surface area contributed by atoms with Gasteiger partial charge in [0, 0.05) is 10.9 Å². The van der Waals surface area contributed by atoms with Gasteiger partial charge in [-0.2, -0.15) is 0 Å². The normalized spacial score (nSPS) is 15.1. The maximum absolute atomic E-state index is 10.1. The van der Waals surface area contributed by atoms with Crippen LogP contribution in [0.3, 0.4) is 0 Å². The molecule has 0 saturated carbocycles. The quantitative estimate of drug-likeness (QED) is 0.402. The fraction of sp³-hybridized carbons (Fsp3) is 0.0833. The third-order valence-corrected chi connectivity index (χ3v) is 5.75. The summed E-state index contributed by atoms with van der Waals surface area (Å²) in [6.45, 7) is 0.0125. The molecule has 0 saturated heterocycles. The van der Waals surface area contributed by atoms with E-state index in [1.165, 1.54) is 27.5 Å². The van der Waals surface area contributed by atoms with E-state index in [0.717, 1.165) is 21.7 Å². The zero-order chi connectivity index (χ0) is 17.7. The first-order chi connectivity index (χ1) is 12.8. The van der Waals surface area contributed by atoms with Gasteiger partial charge in [-0.3, -0.25) is 0 Å². The number of halogens is 1. The molecule has 26 heavy (non-hydrogen) atoms. The fourth-order valence-corrected chi connectivity index (χ4v) is 4.62. The van der Waals surface area contributed by atoms with Crippen LogP contribution in [0.5, 0.6) is 0 Å². The Balaban J connectivity index is 1.92. The zero-order valence-corrected chi connectivity index (χ0v) is 14.9. The molecule has 126 valence electrons. The average Bonchev–Trinajstić information content (AvgIpc) is 3.03. The van der Waals surface area contributed by atoms with Crippen LogP contribution in [-0.4, -0.2) is 5.11 Å². The van der Waals surface area contributed by atoms with Crippen molar-refractivity contribution in [2.75, 3.05) is 0 Å². The molecule has 1 atom stereocenters. The van der Waals surface area contributed by atoms with Crippen molar-refractivity contribution in [1.82, 2.24) is 0 Å². The van der Waals surface area contributed by atoms with Crippen LogP contribution in [0, 0.1) is 0 Å². The molecule has 0 aromatic heterocycles. The standard InChI is InChI=1S/C24H17ClO/c25-21-11-5-10-19-18-8-3-4-9-20(18)24(23(19)21)22-16(14-26)13-12-15-6-1-2-7-17(15)22/h1-13,24,26H,14H2/t24-/m0/s1. The van der Waals surface area contributed by atoms with Crippen molar-refractivity contribution in [3.8, 4) is 11.1 Å². The molecule has 0 bridgehead atoms. The van der Waals surface area contributed by atoms with Crippen LogP contribution in [0.25, 0.3) is 21.9 Å². The first-order valence-electron chi connectivity index (χ1n) is 8.78. The molecular formula is C24H17ClO. The van der Waals surface area contributed by atoms with E-state index < -0.39 is 0 Å². The molecule has 1 aliphatic carbocycles. The molecule has 0 aliphatic heterocycles. The number of aliphatic hydroxyl groups is 1. The van der Waals surface area contributed by atoms with Gasteiger partial charge in [0.2, 0.25) is 0 Å². The van der Waals surface area contributed by atoms with E-state index in [-0.39, 0.29) is 12.5 Å². The Kier molecular flexibility index (Phi) is 3.59. The molecule has 4 aromatic rings. The van der Waals surface area contributed by atoms with Crippen molar-refractivity contribution in [2.24, 2.45) is 0 Å². The minimum absolute atomic E-state index is 0.0125. The van der Waals surface area contributed by atoms with E-state index in [1.54, 1.807) is 0 Å². The molecule has 0 fully saturated rings. The maximum atomic E-state index is 10.1. The minimum Gasteiger partial charge on any atom is -0.392 e. The summed E-state index contributed by atoms with van der Waals surface area (Å²) in [5.41, 5.74) is 6.92. The average molecular weight is 357 g/mol. The highest BCUT2D eigenvalue weighted by Crippen LogP contribution is 2.52. The van der Waals surface area contributed by atoms with Crippen LogP contribution >= 0.6 is 11.6 Å². The molecule has 0 radical (unpaired) electrons. The summed E-state index contributed by atoms with van der Waals surface area (Å²) in [6.07, 6.45) is 0. The largest absolute Gasteiger partial charge is 0.392 e. The Labute approximate surface area is 157 Å². The van der Waals surface area contributed by atoms with Crippen LogP contribution in [-0.2, 0) is 6.61 Å². The van der Waals surface area contributed by atoms with Crippen LogP contribution in [0.4, 0.5) is 0 Å². The molecule has 5 rings (SSSR count). The molecule has 0 heterocycles. The van der Waals surface area contributed by atoms with E-state index in [4.69, 9.17) is 11.6 Å². The van der Waals surface area contributed by atoms with Gasteiger partial charge in [-0.05, 0) is 50.2 Å². The lowest BCUT2D eigenvalue weighted by Gasteiger charge is -2.21. The van der Waals surface area contributed by atoms with Gasteiger partial charge < -0.3 is 5.11 Å². The van der Waals surface area contributed by atoms with Gasteiger partial charge in [-0.1, -0.05) is 84.4 Å². The van der Waals surface area contributed by atoms with E-state index in [9.17, 15) is 5.11 Å². The van der Waals surface area contributed by atoms with Crippen LogP contribution < -0.4 is 0 Å². The highest BCUT2D eigenvalue weighted by atomic mass is 35.5. The molecule has 1 aliphatic rings. The van der Waals surface area contributed by atoms with E-state index in [0.29, 0.717) is 0 Å². The summed E-state index contributed by atoms with van der Waals surface area (Å²) in [4.78, 5) is 0. The third-order valence-electron chi connectivity index (χ3n) is 5.42. The molecule has 1 N–H and O–H groups in total. The van der Waals surface area contributed by atoms with Gasteiger partial charge in [0.15, 0.2) is 0 Å². The lowest BCUT2D eigenvalue weighted by atomic mass is 9.83. The Morgan fingerprint density at radius 1 is 0.731 bits per heavy atom. The number of fused-ring (bicyclic) bond motifs is 4. The smallest absolute Gasteiger partial charge is 0.0685 e. The summed E-state index contributed by atoms with van der Waals surface area (Å²) < 4.78 is 0. The number of hydrogen-bond acceptors (Lipinski definition) is 1. The Morgan fingerprint density at radius 3 is 2.38 bits per heavy atom. The summed E-state index contributed by atoms with van der Waals surface area (Å²) >= 11 is 6.69. The van der Waals surface area contributed by atoms with Gasteiger partial charge in [0.05, 0.1) is 6.61 Å². The predicted molar refractivity (Wildman–Crippen MR) is 108 cm³/mol. The highest BCUT2D eigenvalue weighted by molar-refractivity contribution is 6.32. The van der Waals surface area contributed by atoms with Gasteiger partial charge in [-0.25, -0.2) is 0 Å². The van der Waals surface area contributed by atoms with Gasteiger partial charge in [0.1, 0.15) is 0 Å². The zero-order valence-electron chi connectivity index (χ0n) is 14.1. The summed E-state index contributed by atoms with van der Waals surface area (Å²) in [7, 11) is 0. The number of aliphatic hydroxyl groups excluding tert-OH is 1. The van der Waals surface area contributed by atoms with Gasteiger partial charge in [-0.15, -0.1) is 0 Å². The Hall–Kier alpha value is -2.61. The fourth-order valence-electron chi connectivity index (χ4n) is 4.33. The molecule has 2 heteroatoms. The molecule has 4 aromatic carbocycles. The Bertz CT molecular complexity index is 1150. The van der Waals surface area contributed by atoms with Crippen molar-refractivity contribution in [3.63, 3.8) is 0 Å². The lowest BCUT2D eigenvalue weighted by molar-refractivity contribution is 0.280. The molecule has 0 amide bonds. The minimum atomic E-state index is 0.0125. The second kappa shape index (κ2) is 5.98. The molecule has 0 spiro atoms. The molecule has 1 nitrogen and oxygen atoms in total. The Morgan fingerprint density at radius 2 is 1.50 bits per heavy atom. The highest BCUT2D eigenvalue weighted by Gasteiger charge is 2.33. The van der Waals surface area contributed by atoms with Crippen molar-refractivity contribution < 1.29 is 5.11 Å². The van der Waals surface area contributed by atoms with Crippen LogP contribution in [0.1, 0.15) is 28.2 Å². The summed E-state index contributed by atoms with van der Waals surface area (Å²) in [5.74, 6) is 0.0307. The van der Waals surface area contributed by atoms with E-state index >= 15 is 0 Å². The third kappa shape index (κ3) is 2.14. The number of hydrogen-bond donors (Lipinski definition) is 1. The summed E-state index contributed by atoms with van der Waals surface area (Å²) in [6, 6.07) is 27.1. The topological polar surface area (TPSA) is 20.2 Å². The maximum Gasteiger partial charge on any atom is 0.0685 e. The second-order valence-corrected chi connectivity index (χ2v) is 7.15. The summed E-state index contributed by atoms with van der Waals surface area (Å²) in [5, 5.41) is 13.2. The van der Waals surface area contributed by atoms with Crippen molar-refractivity contribution >= 4 is 22.4 Å². The predicted octanol–water partition coefficient (Wildman–Crippen LogP) is 6.15.